The van der Waals surface area contributed by atoms with Crippen molar-refractivity contribution < 1.29 is 22.0 Å². The molecule has 0 spiro atoms. The van der Waals surface area contributed by atoms with Crippen LogP contribution < -0.4 is 5.32 Å². The predicted octanol–water partition coefficient (Wildman–Crippen LogP) is 3.90. The largest absolute Gasteiger partial charge is 0.299 e. The Hall–Kier alpha value is -2.41. The van der Waals surface area contributed by atoms with Gasteiger partial charge in [-0.25, -0.2) is 17.2 Å². The lowest BCUT2D eigenvalue weighted by molar-refractivity contribution is -0.119. The highest BCUT2D eigenvalue weighted by atomic mass is 32.2. The molecule has 32 heavy (non-hydrogen) atoms. The summed E-state index contributed by atoms with van der Waals surface area (Å²) in [5.41, 5.74) is 0.914. The number of hydrogen-bond donors (Lipinski definition) is 1. The Bertz CT molecular complexity index is 1220. The average Bonchev–Trinajstić information content (AvgIpc) is 3.43. The summed E-state index contributed by atoms with van der Waals surface area (Å²) in [4.78, 5) is 12.3. The van der Waals surface area contributed by atoms with Crippen molar-refractivity contribution in [3.8, 4) is 0 Å². The number of thioether (sulfide) groups is 1. The quantitative estimate of drug-likeness (QED) is 0.394. The molecule has 1 aliphatic heterocycles. The van der Waals surface area contributed by atoms with Crippen LogP contribution in [0.2, 0.25) is 0 Å². The number of carbonyl (C=O) groups excluding carboxylic acids is 1. The van der Waals surface area contributed by atoms with E-state index in [0.29, 0.717) is 22.9 Å². The van der Waals surface area contributed by atoms with Crippen LogP contribution in [-0.4, -0.2) is 41.4 Å². The Morgan fingerprint density at radius 2 is 1.91 bits per heavy atom. The molecule has 1 unspecified atom stereocenters. The van der Waals surface area contributed by atoms with E-state index in [1.807, 2.05) is 0 Å². The van der Waals surface area contributed by atoms with E-state index in [1.165, 1.54) is 42.1 Å². The highest BCUT2D eigenvalue weighted by Crippen LogP contribution is 2.31. The van der Waals surface area contributed by atoms with Crippen LogP contribution in [-0.2, 0) is 20.6 Å². The van der Waals surface area contributed by atoms with Crippen LogP contribution in [0.4, 0.5) is 13.9 Å². The van der Waals surface area contributed by atoms with E-state index in [1.54, 1.807) is 12.1 Å². The van der Waals surface area contributed by atoms with Crippen molar-refractivity contribution in [2.75, 3.05) is 11.9 Å². The number of anilines is 1. The second-order valence-corrected chi connectivity index (χ2v) is 11.0. The van der Waals surface area contributed by atoms with Gasteiger partial charge in [-0.15, -0.1) is 10.2 Å². The van der Waals surface area contributed by atoms with Gasteiger partial charge in [-0.05, 0) is 42.7 Å². The standard InChI is InChI=1S/C20H18F2N4O3S3/c21-14-9-7-13(8-10-14)12-30-20-25-24-19(31-20)23-18(27)16-5-3-11-26(16)32(28,29)17-6-2-1-4-15(17)22/h1-2,4,6-10,16H,3,5,11-12H2,(H,23,24,27). The van der Waals surface area contributed by atoms with Crippen LogP contribution in [0.25, 0.3) is 0 Å². The van der Waals surface area contributed by atoms with Crippen LogP contribution in [0.1, 0.15) is 18.4 Å². The third-order valence-corrected chi connectivity index (χ3v) is 8.83. The summed E-state index contributed by atoms with van der Waals surface area (Å²) in [5, 5.41) is 10.8. The predicted molar refractivity (Wildman–Crippen MR) is 118 cm³/mol. The van der Waals surface area contributed by atoms with Gasteiger partial charge in [0.25, 0.3) is 0 Å². The molecule has 1 amide bonds. The molecule has 2 aromatic carbocycles. The van der Waals surface area contributed by atoms with Crippen molar-refractivity contribution in [3.63, 3.8) is 0 Å². The zero-order valence-electron chi connectivity index (χ0n) is 16.6. The first-order valence-corrected chi connectivity index (χ1v) is 12.9. The van der Waals surface area contributed by atoms with Gasteiger partial charge in [-0.3, -0.25) is 10.1 Å². The highest BCUT2D eigenvalue weighted by molar-refractivity contribution is 8.00. The van der Waals surface area contributed by atoms with Crippen LogP contribution in [0.15, 0.2) is 57.8 Å². The SMILES string of the molecule is O=C(Nc1nnc(SCc2ccc(F)cc2)s1)C1CCCN1S(=O)(=O)c1ccccc1F. The smallest absolute Gasteiger partial charge is 0.246 e. The van der Waals surface area contributed by atoms with Crippen molar-refractivity contribution in [1.29, 1.82) is 0 Å². The molecule has 1 fully saturated rings. The second-order valence-electron chi connectivity index (χ2n) is 6.98. The lowest BCUT2D eigenvalue weighted by Gasteiger charge is -2.23. The van der Waals surface area contributed by atoms with Gasteiger partial charge in [0.1, 0.15) is 22.6 Å². The topological polar surface area (TPSA) is 92.3 Å². The fraction of sp³-hybridized carbons (Fsp3) is 0.250. The number of amides is 1. The zero-order valence-corrected chi connectivity index (χ0v) is 19.0. The molecule has 2 heterocycles. The molecule has 1 N–H and O–H groups in total. The number of halogens is 2. The summed E-state index contributed by atoms with van der Waals surface area (Å²) < 4.78 is 54.6. The molecule has 3 aromatic rings. The maximum Gasteiger partial charge on any atom is 0.246 e. The molecule has 0 saturated carbocycles. The second kappa shape index (κ2) is 9.61. The van der Waals surface area contributed by atoms with E-state index < -0.39 is 32.7 Å². The molecule has 1 aromatic heterocycles. The van der Waals surface area contributed by atoms with Gasteiger partial charge in [0.05, 0.1) is 0 Å². The number of benzene rings is 2. The molecular formula is C20H18F2N4O3S3. The Labute approximate surface area is 191 Å². The molecule has 168 valence electrons. The van der Waals surface area contributed by atoms with Gasteiger partial charge < -0.3 is 0 Å². The van der Waals surface area contributed by atoms with Crippen molar-refractivity contribution in [3.05, 3.63) is 65.7 Å². The summed E-state index contributed by atoms with van der Waals surface area (Å²) in [5.74, 6) is -1.14. The third kappa shape index (κ3) is 4.98. The van der Waals surface area contributed by atoms with Gasteiger partial charge >= 0.3 is 0 Å². The highest BCUT2D eigenvalue weighted by Gasteiger charge is 2.40. The summed E-state index contributed by atoms with van der Waals surface area (Å²) in [6.07, 6.45) is 0.811. The zero-order chi connectivity index (χ0) is 22.7. The van der Waals surface area contributed by atoms with E-state index in [2.05, 4.69) is 15.5 Å². The summed E-state index contributed by atoms with van der Waals surface area (Å²) in [6.45, 7) is 0.129. The van der Waals surface area contributed by atoms with E-state index in [9.17, 15) is 22.0 Å². The monoisotopic (exact) mass is 496 g/mol. The number of sulfonamides is 1. The molecule has 7 nitrogen and oxygen atoms in total. The van der Waals surface area contributed by atoms with E-state index in [-0.39, 0.29) is 17.5 Å². The first kappa shape index (κ1) is 22.8. The Balaban J connectivity index is 1.41. The summed E-state index contributed by atoms with van der Waals surface area (Å²) >= 11 is 2.54. The molecule has 1 saturated heterocycles. The normalized spacial score (nSPS) is 16.9. The fourth-order valence-corrected chi connectivity index (χ4v) is 6.74. The number of aromatic nitrogens is 2. The molecule has 4 rings (SSSR count). The van der Waals surface area contributed by atoms with E-state index in [4.69, 9.17) is 0 Å². The lowest BCUT2D eigenvalue weighted by atomic mass is 10.2. The summed E-state index contributed by atoms with van der Waals surface area (Å²) in [7, 11) is -4.16. The Kier molecular flexibility index (Phi) is 6.84. The minimum atomic E-state index is -4.16. The molecule has 0 radical (unpaired) electrons. The summed E-state index contributed by atoms with van der Waals surface area (Å²) in [6, 6.07) is 10.3. The number of rotatable bonds is 7. The van der Waals surface area contributed by atoms with Crippen molar-refractivity contribution in [1.82, 2.24) is 14.5 Å². The van der Waals surface area contributed by atoms with Crippen LogP contribution in [0.5, 0.6) is 0 Å². The molecule has 1 atom stereocenters. The van der Waals surface area contributed by atoms with Crippen LogP contribution >= 0.6 is 23.1 Å². The van der Waals surface area contributed by atoms with Crippen LogP contribution in [0, 0.1) is 11.6 Å². The van der Waals surface area contributed by atoms with Gasteiger partial charge in [-0.2, -0.15) is 4.31 Å². The van der Waals surface area contributed by atoms with Crippen molar-refractivity contribution >= 4 is 44.2 Å². The fourth-order valence-electron chi connectivity index (χ4n) is 3.30. The third-order valence-electron chi connectivity index (χ3n) is 4.84. The average molecular weight is 497 g/mol. The molecule has 12 heteroatoms. The van der Waals surface area contributed by atoms with Crippen LogP contribution in [0.3, 0.4) is 0 Å². The molecular weight excluding hydrogens is 478 g/mol. The maximum absolute atomic E-state index is 14.1. The van der Waals surface area contributed by atoms with Gasteiger partial charge in [0.2, 0.25) is 21.1 Å². The lowest BCUT2D eigenvalue weighted by Crippen LogP contribution is -2.43. The minimum Gasteiger partial charge on any atom is -0.299 e. The van der Waals surface area contributed by atoms with Gasteiger partial charge in [0, 0.05) is 12.3 Å². The molecule has 0 bridgehead atoms. The Morgan fingerprint density at radius 1 is 1.16 bits per heavy atom. The van der Waals surface area contributed by atoms with Gasteiger partial charge in [-0.1, -0.05) is 47.4 Å². The number of hydrogen-bond acceptors (Lipinski definition) is 7. The minimum absolute atomic E-state index is 0.129. The van der Waals surface area contributed by atoms with Crippen molar-refractivity contribution in [2.24, 2.45) is 0 Å². The number of nitrogens with zero attached hydrogens (tertiary/aromatic N) is 3. The Morgan fingerprint density at radius 3 is 2.66 bits per heavy atom. The number of carbonyl (C=O) groups is 1. The maximum atomic E-state index is 14.1. The van der Waals surface area contributed by atoms with E-state index in [0.717, 1.165) is 27.3 Å². The first-order chi connectivity index (χ1) is 15.3. The van der Waals surface area contributed by atoms with Crippen molar-refractivity contribution in [2.45, 2.75) is 33.9 Å². The number of nitrogens with one attached hydrogen (secondary N) is 1. The first-order valence-electron chi connectivity index (χ1n) is 9.62. The van der Waals surface area contributed by atoms with Gasteiger partial charge in [0.15, 0.2) is 4.34 Å². The molecule has 0 aliphatic carbocycles. The van der Waals surface area contributed by atoms with E-state index >= 15 is 0 Å². The molecule has 1 aliphatic rings.